The molecule has 0 unspecified atom stereocenters. The van der Waals surface area contributed by atoms with E-state index in [1.807, 2.05) is 30.3 Å². The molecule has 0 heterocycles. The Bertz CT molecular complexity index is 624. The van der Waals surface area contributed by atoms with Crippen LogP contribution in [0.1, 0.15) is 18.4 Å². The molecule has 0 fully saturated rings. The van der Waals surface area contributed by atoms with E-state index in [-0.39, 0.29) is 48.3 Å². The SMILES string of the molecule is O=C(O)CNCP(=O)(O)O.O=C([O-])CCC(=O)NCCc1ccccc1.[Na+]. The van der Waals surface area contributed by atoms with Gasteiger partial charge in [0.15, 0.2) is 0 Å². The van der Waals surface area contributed by atoms with Gasteiger partial charge >= 0.3 is 43.1 Å². The summed E-state index contributed by atoms with van der Waals surface area (Å²) in [6.45, 7) is 0.0843. The van der Waals surface area contributed by atoms with Crippen molar-refractivity contribution >= 4 is 25.4 Å². The van der Waals surface area contributed by atoms with E-state index in [1.165, 1.54) is 0 Å². The Morgan fingerprint density at radius 1 is 1.07 bits per heavy atom. The van der Waals surface area contributed by atoms with Crippen molar-refractivity contribution in [2.24, 2.45) is 0 Å². The van der Waals surface area contributed by atoms with Crippen LogP contribution < -0.4 is 45.3 Å². The summed E-state index contributed by atoms with van der Waals surface area (Å²) >= 11 is 0. The van der Waals surface area contributed by atoms with Crippen LogP contribution in [0.3, 0.4) is 0 Å². The summed E-state index contributed by atoms with van der Waals surface area (Å²) in [6.07, 6.45) is -0.0918. The third-order valence-electron chi connectivity index (χ3n) is 2.73. The largest absolute Gasteiger partial charge is 1.00 e. The molecule has 0 saturated heterocycles. The maximum Gasteiger partial charge on any atom is 1.00 e. The predicted molar refractivity (Wildman–Crippen MR) is 89.9 cm³/mol. The van der Waals surface area contributed by atoms with E-state index in [1.54, 1.807) is 0 Å². The van der Waals surface area contributed by atoms with Crippen LogP contribution in [0.5, 0.6) is 0 Å². The van der Waals surface area contributed by atoms with Crippen molar-refractivity contribution in [3.05, 3.63) is 35.9 Å². The molecule has 0 atom stereocenters. The number of hydrogen-bond acceptors (Lipinski definition) is 6. The van der Waals surface area contributed by atoms with Crippen molar-refractivity contribution in [2.45, 2.75) is 19.3 Å². The zero-order chi connectivity index (χ0) is 20.0. The van der Waals surface area contributed by atoms with E-state index in [0.29, 0.717) is 6.54 Å². The van der Waals surface area contributed by atoms with Crippen LogP contribution in [0, 0.1) is 0 Å². The zero-order valence-electron chi connectivity index (χ0n) is 15.0. The number of hydrogen-bond donors (Lipinski definition) is 5. The molecule has 0 saturated carbocycles. The number of carboxylic acids is 2. The number of nitrogens with one attached hydrogen (secondary N) is 2. The Hall–Kier alpha value is -1.26. The normalized spacial score (nSPS) is 10.0. The molecular weight excluding hydrogens is 390 g/mol. The molecule has 0 aliphatic heterocycles. The molecule has 1 aromatic carbocycles. The van der Waals surface area contributed by atoms with E-state index in [9.17, 15) is 24.1 Å². The molecule has 0 bridgehead atoms. The molecule has 0 spiro atoms. The first-order valence-corrected chi connectivity index (χ1v) is 9.37. The first kappa shape index (κ1) is 28.0. The minimum Gasteiger partial charge on any atom is -0.550 e. The predicted octanol–water partition coefficient (Wildman–Crippen LogP) is -4.32. The number of carboxylic acid groups (broad SMARTS) is 2. The molecule has 27 heavy (non-hydrogen) atoms. The molecule has 0 aliphatic carbocycles. The van der Waals surface area contributed by atoms with E-state index in [0.717, 1.165) is 12.0 Å². The molecule has 10 nitrogen and oxygen atoms in total. The standard InChI is InChI=1S/C12H15NO3.C3H8NO5P.Na/c14-11(6-7-12(15)16)13-9-8-10-4-2-1-3-5-10;5-3(6)1-4-2-10(7,8)9;/h1-5H,6-9H2,(H,13,14)(H,15,16);4H,1-2H2,(H,5,6)(H2,7,8,9);/q;;+1/p-1. The number of amides is 1. The van der Waals surface area contributed by atoms with Gasteiger partial charge in [0.05, 0.1) is 12.8 Å². The molecule has 1 rings (SSSR count). The second-order valence-electron chi connectivity index (χ2n) is 5.10. The van der Waals surface area contributed by atoms with Gasteiger partial charge in [-0.15, -0.1) is 0 Å². The fraction of sp³-hybridized carbons (Fsp3) is 0.400. The fourth-order valence-corrected chi connectivity index (χ4v) is 2.01. The molecule has 5 N–H and O–H groups in total. The van der Waals surface area contributed by atoms with Gasteiger partial charge in [-0.2, -0.15) is 0 Å². The van der Waals surface area contributed by atoms with Gasteiger partial charge in [0, 0.05) is 18.9 Å². The fourth-order valence-electron chi connectivity index (χ4n) is 1.60. The van der Waals surface area contributed by atoms with E-state index in [2.05, 4.69) is 10.6 Å². The smallest absolute Gasteiger partial charge is 0.550 e. The summed E-state index contributed by atoms with van der Waals surface area (Å²) < 4.78 is 10.1. The third-order valence-corrected chi connectivity index (χ3v) is 3.36. The third kappa shape index (κ3) is 20.9. The Morgan fingerprint density at radius 3 is 2.15 bits per heavy atom. The van der Waals surface area contributed by atoms with E-state index >= 15 is 0 Å². The first-order valence-electron chi connectivity index (χ1n) is 7.57. The van der Waals surface area contributed by atoms with Crippen LogP contribution in [0.15, 0.2) is 30.3 Å². The van der Waals surface area contributed by atoms with Gasteiger partial charge < -0.3 is 30.1 Å². The summed E-state index contributed by atoms with van der Waals surface area (Å²) in [4.78, 5) is 47.4. The van der Waals surface area contributed by atoms with Crippen LogP contribution in [0.2, 0.25) is 0 Å². The van der Waals surface area contributed by atoms with Gasteiger partial charge in [0.1, 0.15) is 0 Å². The van der Waals surface area contributed by atoms with E-state index in [4.69, 9.17) is 14.9 Å². The number of benzene rings is 1. The summed E-state index contributed by atoms with van der Waals surface area (Å²) in [5.74, 6) is -2.59. The molecular formula is C15H22N2NaO8P. The Labute approximate surface area is 178 Å². The van der Waals surface area contributed by atoms with Crippen molar-refractivity contribution in [3.8, 4) is 0 Å². The summed E-state index contributed by atoms with van der Waals surface area (Å²) in [5, 5.41) is 22.8. The molecule has 0 aliphatic rings. The van der Waals surface area contributed by atoms with Crippen molar-refractivity contribution in [1.82, 2.24) is 10.6 Å². The number of rotatable bonds is 10. The maximum absolute atomic E-state index is 11.1. The van der Waals surface area contributed by atoms with Gasteiger partial charge in [0.25, 0.3) is 0 Å². The number of carbonyl (C=O) groups is 3. The minimum atomic E-state index is -4.10. The monoisotopic (exact) mass is 412 g/mol. The zero-order valence-corrected chi connectivity index (χ0v) is 17.9. The Morgan fingerprint density at radius 2 is 1.67 bits per heavy atom. The number of carbonyl (C=O) groups excluding carboxylic acids is 2. The molecule has 1 aromatic rings. The Balaban J connectivity index is 0. The maximum atomic E-state index is 11.1. The quantitative estimate of drug-likeness (QED) is 0.188. The number of aliphatic carboxylic acids is 2. The molecule has 0 radical (unpaired) electrons. The van der Waals surface area contributed by atoms with Crippen LogP contribution in [0.25, 0.3) is 0 Å². The first-order chi connectivity index (χ1) is 12.1. The van der Waals surface area contributed by atoms with Crippen molar-refractivity contribution in [3.63, 3.8) is 0 Å². The van der Waals surface area contributed by atoms with Crippen LogP contribution in [-0.4, -0.2) is 52.1 Å². The van der Waals surface area contributed by atoms with Crippen LogP contribution in [0.4, 0.5) is 0 Å². The molecule has 0 aromatic heterocycles. The molecule has 12 heteroatoms. The van der Waals surface area contributed by atoms with Crippen molar-refractivity contribution in [2.75, 3.05) is 19.4 Å². The van der Waals surface area contributed by atoms with Gasteiger partial charge in [-0.25, -0.2) is 0 Å². The second kappa shape index (κ2) is 15.8. The van der Waals surface area contributed by atoms with Gasteiger partial charge in [0.2, 0.25) is 5.91 Å². The average molecular weight is 412 g/mol. The van der Waals surface area contributed by atoms with Gasteiger partial charge in [-0.3, -0.25) is 19.5 Å². The molecule has 146 valence electrons. The molecule has 1 amide bonds. The van der Waals surface area contributed by atoms with Gasteiger partial charge in [-0.05, 0) is 18.4 Å². The van der Waals surface area contributed by atoms with Crippen LogP contribution >= 0.6 is 7.60 Å². The Kier molecular flexibility index (Phi) is 16.3. The second-order valence-corrected chi connectivity index (χ2v) is 6.75. The summed E-state index contributed by atoms with van der Waals surface area (Å²) in [7, 11) is -4.10. The van der Waals surface area contributed by atoms with Crippen molar-refractivity contribution < 1.29 is 68.5 Å². The summed E-state index contributed by atoms with van der Waals surface area (Å²) in [5.41, 5.74) is 1.14. The van der Waals surface area contributed by atoms with Crippen LogP contribution in [-0.2, 0) is 25.4 Å². The summed E-state index contributed by atoms with van der Waals surface area (Å²) in [6, 6.07) is 9.77. The minimum absolute atomic E-state index is 0. The average Bonchev–Trinajstić information content (AvgIpc) is 2.53. The topological polar surface area (TPSA) is 176 Å². The van der Waals surface area contributed by atoms with Crippen molar-refractivity contribution in [1.29, 1.82) is 0 Å². The van der Waals surface area contributed by atoms with E-state index < -0.39 is 32.4 Å². The van der Waals surface area contributed by atoms with Gasteiger partial charge in [-0.1, -0.05) is 30.3 Å².